The maximum Gasteiger partial charge on any atom is 0.308 e. The van der Waals surface area contributed by atoms with Crippen LogP contribution in [0.5, 0.6) is 5.75 Å². The molecule has 0 unspecified atom stereocenters. The number of rotatable bonds is 3. The van der Waals surface area contributed by atoms with E-state index in [1.54, 1.807) is 24.3 Å². The van der Waals surface area contributed by atoms with Crippen LogP contribution in [0.2, 0.25) is 0 Å². The highest BCUT2D eigenvalue weighted by molar-refractivity contribution is 8.14. The van der Waals surface area contributed by atoms with Crippen LogP contribution < -0.4 is 4.74 Å². The molecule has 0 saturated heterocycles. The normalized spacial score (nSPS) is 9.95. The van der Waals surface area contributed by atoms with Gasteiger partial charge in [0, 0.05) is 17.4 Å². The summed E-state index contributed by atoms with van der Waals surface area (Å²) in [6, 6.07) is 16.0. The van der Waals surface area contributed by atoms with Crippen molar-refractivity contribution in [2.45, 2.75) is 11.8 Å². The molecule has 0 aromatic heterocycles. The lowest BCUT2D eigenvalue weighted by Gasteiger charge is -2.03. The number of carbonyl (C=O) groups is 2. The average Bonchev–Trinajstić information content (AvgIpc) is 2.40. The van der Waals surface area contributed by atoms with Crippen molar-refractivity contribution in [2.24, 2.45) is 0 Å². The van der Waals surface area contributed by atoms with Gasteiger partial charge < -0.3 is 4.74 Å². The molecule has 2 aromatic rings. The van der Waals surface area contributed by atoms with Crippen LogP contribution in [0.3, 0.4) is 0 Å². The van der Waals surface area contributed by atoms with Crippen LogP contribution in [0.4, 0.5) is 0 Å². The molecule has 0 fully saturated rings. The second-order valence-corrected chi connectivity index (χ2v) is 4.87. The van der Waals surface area contributed by atoms with Gasteiger partial charge in [0.2, 0.25) is 5.12 Å². The molecule has 0 amide bonds. The molecule has 3 nitrogen and oxygen atoms in total. The second kappa shape index (κ2) is 6.20. The first-order chi connectivity index (χ1) is 9.15. The topological polar surface area (TPSA) is 43.4 Å². The molecule has 19 heavy (non-hydrogen) atoms. The third-order valence-electron chi connectivity index (χ3n) is 2.31. The highest BCUT2D eigenvalue weighted by Crippen LogP contribution is 2.23. The van der Waals surface area contributed by atoms with Gasteiger partial charge in [0.1, 0.15) is 5.75 Å². The van der Waals surface area contributed by atoms with Crippen molar-refractivity contribution in [1.29, 1.82) is 0 Å². The van der Waals surface area contributed by atoms with Crippen molar-refractivity contribution >= 4 is 22.8 Å². The van der Waals surface area contributed by atoms with E-state index in [4.69, 9.17) is 4.74 Å². The van der Waals surface area contributed by atoms with Gasteiger partial charge in [0.25, 0.3) is 0 Å². The van der Waals surface area contributed by atoms with Crippen molar-refractivity contribution in [2.75, 3.05) is 0 Å². The van der Waals surface area contributed by atoms with E-state index in [-0.39, 0.29) is 11.1 Å². The standard InChI is InChI=1S/C15H12O3S/c1-11(16)18-13-9-7-12(8-10-13)15(17)19-14-5-3-2-4-6-14/h2-10H,1H3. The zero-order valence-corrected chi connectivity index (χ0v) is 11.1. The van der Waals surface area contributed by atoms with Crippen LogP contribution in [-0.2, 0) is 4.79 Å². The Bertz CT molecular complexity index is 576. The maximum absolute atomic E-state index is 12.0. The Balaban J connectivity index is 2.05. The fourth-order valence-corrected chi connectivity index (χ4v) is 2.24. The summed E-state index contributed by atoms with van der Waals surface area (Å²) in [5, 5.41) is -0.0411. The molecule has 0 N–H and O–H groups in total. The predicted molar refractivity (Wildman–Crippen MR) is 74.4 cm³/mol. The van der Waals surface area contributed by atoms with Gasteiger partial charge in [0.05, 0.1) is 0 Å². The molecule has 2 aromatic carbocycles. The molecule has 0 spiro atoms. The molecule has 0 radical (unpaired) electrons. The highest BCUT2D eigenvalue weighted by atomic mass is 32.2. The quantitative estimate of drug-likeness (QED) is 0.487. The van der Waals surface area contributed by atoms with E-state index >= 15 is 0 Å². The van der Waals surface area contributed by atoms with E-state index in [1.165, 1.54) is 18.7 Å². The first kappa shape index (κ1) is 13.4. The zero-order chi connectivity index (χ0) is 13.7. The number of carbonyl (C=O) groups excluding carboxylic acids is 2. The number of benzene rings is 2. The largest absolute Gasteiger partial charge is 0.427 e. The fourth-order valence-electron chi connectivity index (χ4n) is 1.48. The van der Waals surface area contributed by atoms with Crippen molar-refractivity contribution in [3.05, 3.63) is 60.2 Å². The van der Waals surface area contributed by atoms with Gasteiger partial charge >= 0.3 is 5.97 Å². The summed E-state index contributed by atoms with van der Waals surface area (Å²) in [6.45, 7) is 1.34. The Labute approximate surface area is 115 Å². The third kappa shape index (κ3) is 3.96. The summed E-state index contributed by atoms with van der Waals surface area (Å²) in [5.74, 6) is 0.0616. The SMILES string of the molecule is CC(=O)Oc1ccc(C(=O)Sc2ccccc2)cc1. The molecule has 0 saturated carbocycles. The van der Waals surface area contributed by atoms with Gasteiger partial charge in [-0.2, -0.15) is 0 Å². The van der Waals surface area contributed by atoms with Gasteiger partial charge in [-0.15, -0.1) is 0 Å². The Morgan fingerprint density at radius 2 is 1.58 bits per heavy atom. The van der Waals surface area contributed by atoms with Gasteiger partial charge in [-0.3, -0.25) is 9.59 Å². The first-order valence-electron chi connectivity index (χ1n) is 5.71. The van der Waals surface area contributed by atoms with Crippen LogP contribution in [0, 0.1) is 0 Å². The molecule has 0 atom stereocenters. The lowest BCUT2D eigenvalue weighted by Crippen LogP contribution is -2.01. The molecular weight excluding hydrogens is 260 g/mol. The van der Waals surface area contributed by atoms with Crippen molar-refractivity contribution in [1.82, 2.24) is 0 Å². The minimum Gasteiger partial charge on any atom is -0.427 e. The van der Waals surface area contributed by atoms with E-state index in [0.29, 0.717) is 11.3 Å². The number of esters is 1. The number of hydrogen-bond donors (Lipinski definition) is 0. The number of hydrogen-bond acceptors (Lipinski definition) is 4. The summed E-state index contributed by atoms with van der Waals surface area (Å²) in [6.07, 6.45) is 0. The minimum atomic E-state index is -0.377. The smallest absolute Gasteiger partial charge is 0.308 e. The monoisotopic (exact) mass is 272 g/mol. The summed E-state index contributed by atoms with van der Waals surface area (Å²) >= 11 is 1.17. The molecule has 0 bridgehead atoms. The summed E-state index contributed by atoms with van der Waals surface area (Å²) in [7, 11) is 0. The van der Waals surface area contributed by atoms with Crippen LogP contribution in [0.25, 0.3) is 0 Å². The fraction of sp³-hybridized carbons (Fsp3) is 0.0667. The van der Waals surface area contributed by atoms with Gasteiger partial charge in [0.15, 0.2) is 0 Å². The molecule has 0 aliphatic rings. The van der Waals surface area contributed by atoms with E-state index in [0.717, 1.165) is 4.90 Å². The van der Waals surface area contributed by atoms with Crippen molar-refractivity contribution in [3.63, 3.8) is 0 Å². The minimum absolute atomic E-state index is 0.0411. The van der Waals surface area contributed by atoms with Crippen LogP contribution in [-0.4, -0.2) is 11.1 Å². The summed E-state index contributed by atoms with van der Waals surface area (Å²) in [5.41, 5.74) is 0.574. The highest BCUT2D eigenvalue weighted by Gasteiger charge is 2.08. The van der Waals surface area contributed by atoms with Crippen molar-refractivity contribution in [3.8, 4) is 5.75 Å². The lowest BCUT2D eigenvalue weighted by atomic mass is 10.2. The average molecular weight is 272 g/mol. The Kier molecular flexibility index (Phi) is 4.36. The summed E-state index contributed by atoms with van der Waals surface area (Å²) in [4.78, 5) is 23.7. The van der Waals surface area contributed by atoms with Crippen LogP contribution in [0.15, 0.2) is 59.5 Å². The maximum atomic E-state index is 12.0. The Morgan fingerprint density at radius 1 is 0.947 bits per heavy atom. The van der Waals surface area contributed by atoms with E-state index in [2.05, 4.69) is 0 Å². The molecule has 2 rings (SSSR count). The molecule has 0 heterocycles. The van der Waals surface area contributed by atoms with Crippen LogP contribution in [0.1, 0.15) is 17.3 Å². The molecule has 4 heteroatoms. The van der Waals surface area contributed by atoms with Gasteiger partial charge in [-0.25, -0.2) is 0 Å². The van der Waals surface area contributed by atoms with Crippen LogP contribution >= 0.6 is 11.8 Å². The van der Waals surface area contributed by atoms with Crippen molar-refractivity contribution < 1.29 is 14.3 Å². The predicted octanol–water partition coefficient (Wildman–Crippen LogP) is 3.54. The Hall–Kier alpha value is -2.07. The molecular formula is C15H12O3S. The number of ether oxygens (including phenoxy) is 1. The van der Waals surface area contributed by atoms with E-state index in [1.807, 2.05) is 30.3 Å². The molecule has 96 valence electrons. The van der Waals surface area contributed by atoms with Gasteiger partial charge in [-0.05, 0) is 48.2 Å². The van der Waals surface area contributed by atoms with E-state index < -0.39 is 0 Å². The molecule has 0 aliphatic carbocycles. The summed E-state index contributed by atoms with van der Waals surface area (Å²) < 4.78 is 4.91. The zero-order valence-electron chi connectivity index (χ0n) is 10.3. The Morgan fingerprint density at radius 3 is 2.16 bits per heavy atom. The lowest BCUT2D eigenvalue weighted by molar-refractivity contribution is -0.131. The van der Waals surface area contributed by atoms with E-state index in [9.17, 15) is 9.59 Å². The number of thioether (sulfide) groups is 1. The second-order valence-electron chi connectivity index (χ2n) is 3.82. The third-order valence-corrected chi connectivity index (χ3v) is 3.23. The molecule has 0 aliphatic heterocycles. The first-order valence-corrected chi connectivity index (χ1v) is 6.52. The van der Waals surface area contributed by atoms with Gasteiger partial charge in [-0.1, -0.05) is 18.2 Å².